The van der Waals surface area contributed by atoms with Crippen molar-refractivity contribution in [3.05, 3.63) is 54.1 Å². The quantitative estimate of drug-likeness (QED) is 0.823. The lowest BCUT2D eigenvalue weighted by atomic mass is 10.1. The van der Waals surface area contributed by atoms with E-state index in [1.165, 1.54) is 5.69 Å². The van der Waals surface area contributed by atoms with Gasteiger partial charge in [0.1, 0.15) is 0 Å². The number of carbonyl (C=O) groups is 1. The predicted octanol–water partition coefficient (Wildman–Crippen LogP) is 2.74. The van der Waals surface area contributed by atoms with Gasteiger partial charge in [0.2, 0.25) is 0 Å². The molecule has 2 aromatic rings. The molecule has 2 aromatic carbocycles. The van der Waals surface area contributed by atoms with Crippen LogP contribution >= 0.6 is 0 Å². The first-order valence-electron chi connectivity index (χ1n) is 8.91. The molecular formula is C20H26N4O. The maximum Gasteiger partial charge on any atom is 0.253 e. The van der Waals surface area contributed by atoms with Crippen molar-refractivity contribution >= 4 is 23.0 Å². The number of hydrogen-bond acceptors (Lipinski definition) is 4. The Bertz CT molecular complexity index is 709. The van der Waals surface area contributed by atoms with Crippen LogP contribution in [0, 0.1) is 0 Å². The van der Waals surface area contributed by atoms with Crippen molar-refractivity contribution in [1.82, 2.24) is 5.32 Å². The average Bonchev–Trinajstić information content (AvgIpc) is 2.67. The summed E-state index contributed by atoms with van der Waals surface area (Å²) in [5, 5.41) is 2.96. The number of anilines is 3. The normalized spacial score (nSPS) is 14.4. The van der Waals surface area contributed by atoms with Crippen LogP contribution in [0.4, 0.5) is 17.1 Å². The Morgan fingerprint density at radius 1 is 1.04 bits per heavy atom. The number of nitrogens with one attached hydrogen (secondary N) is 1. The van der Waals surface area contributed by atoms with Gasteiger partial charge in [-0.2, -0.15) is 0 Å². The molecule has 132 valence electrons. The van der Waals surface area contributed by atoms with Gasteiger partial charge in [0.15, 0.2) is 0 Å². The maximum absolute atomic E-state index is 12.5. The van der Waals surface area contributed by atoms with Gasteiger partial charge in [-0.1, -0.05) is 25.1 Å². The van der Waals surface area contributed by atoms with Crippen LogP contribution in [0.1, 0.15) is 23.7 Å². The molecule has 1 fully saturated rings. The summed E-state index contributed by atoms with van der Waals surface area (Å²) in [4.78, 5) is 17.2. The molecule has 5 heteroatoms. The Balaban J connectivity index is 1.73. The van der Waals surface area contributed by atoms with E-state index >= 15 is 0 Å². The van der Waals surface area contributed by atoms with Crippen LogP contribution in [0.25, 0.3) is 0 Å². The first kappa shape index (κ1) is 17.1. The minimum absolute atomic E-state index is 0.0466. The van der Waals surface area contributed by atoms with Crippen LogP contribution in [0.15, 0.2) is 48.5 Å². The third kappa shape index (κ3) is 4.05. The number of rotatable bonds is 5. The van der Waals surface area contributed by atoms with E-state index in [4.69, 9.17) is 5.73 Å². The van der Waals surface area contributed by atoms with Crippen LogP contribution in [-0.4, -0.2) is 38.6 Å². The van der Waals surface area contributed by atoms with Crippen LogP contribution in [-0.2, 0) is 0 Å². The molecular weight excluding hydrogens is 312 g/mol. The molecule has 5 nitrogen and oxygen atoms in total. The summed E-state index contributed by atoms with van der Waals surface area (Å²) in [6.07, 6.45) is 0.916. The summed E-state index contributed by atoms with van der Waals surface area (Å²) in [7, 11) is 0. The van der Waals surface area contributed by atoms with Gasteiger partial charge in [-0.15, -0.1) is 0 Å². The Kier molecular flexibility index (Phi) is 5.43. The number of amides is 1. The highest BCUT2D eigenvalue weighted by Crippen LogP contribution is 2.26. The second-order valence-corrected chi connectivity index (χ2v) is 6.34. The van der Waals surface area contributed by atoms with Gasteiger partial charge in [-0.05, 0) is 36.8 Å². The summed E-state index contributed by atoms with van der Waals surface area (Å²) in [6, 6.07) is 16.1. The van der Waals surface area contributed by atoms with E-state index in [0.717, 1.165) is 38.3 Å². The minimum atomic E-state index is -0.0466. The van der Waals surface area contributed by atoms with Gasteiger partial charge >= 0.3 is 0 Å². The van der Waals surface area contributed by atoms with Crippen molar-refractivity contribution < 1.29 is 4.79 Å². The number of hydrogen-bond donors (Lipinski definition) is 2. The molecule has 3 rings (SSSR count). The fraction of sp³-hybridized carbons (Fsp3) is 0.350. The zero-order valence-electron chi connectivity index (χ0n) is 14.7. The summed E-state index contributed by atoms with van der Waals surface area (Å²) in [5.41, 5.74) is 9.42. The monoisotopic (exact) mass is 338 g/mol. The number of nitrogens with two attached hydrogens (primary N) is 1. The maximum atomic E-state index is 12.5. The molecule has 0 aliphatic carbocycles. The average molecular weight is 338 g/mol. The van der Waals surface area contributed by atoms with E-state index in [-0.39, 0.29) is 5.91 Å². The van der Waals surface area contributed by atoms with Gasteiger partial charge in [0.05, 0.1) is 5.56 Å². The molecule has 3 N–H and O–H groups in total. The number of carbonyl (C=O) groups excluding carboxylic acids is 1. The number of nitrogens with zero attached hydrogens (tertiary/aromatic N) is 2. The van der Waals surface area contributed by atoms with E-state index in [9.17, 15) is 4.79 Å². The third-order valence-corrected chi connectivity index (χ3v) is 4.54. The molecule has 0 aromatic heterocycles. The van der Waals surface area contributed by atoms with Gasteiger partial charge in [0.25, 0.3) is 5.91 Å². The summed E-state index contributed by atoms with van der Waals surface area (Å²) < 4.78 is 0. The zero-order valence-corrected chi connectivity index (χ0v) is 14.7. The Morgan fingerprint density at radius 3 is 2.40 bits per heavy atom. The zero-order chi connectivity index (χ0) is 17.6. The van der Waals surface area contributed by atoms with Crippen molar-refractivity contribution in [3.8, 4) is 0 Å². The van der Waals surface area contributed by atoms with Gasteiger partial charge < -0.3 is 20.9 Å². The summed E-state index contributed by atoms with van der Waals surface area (Å²) in [6.45, 7) is 6.35. The molecule has 25 heavy (non-hydrogen) atoms. The molecule has 0 atom stereocenters. The van der Waals surface area contributed by atoms with Gasteiger partial charge in [-0.3, -0.25) is 4.79 Å². The first-order valence-corrected chi connectivity index (χ1v) is 8.91. The molecule has 1 amide bonds. The lowest BCUT2D eigenvalue weighted by Gasteiger charge is -2.38. The van der Waals surface area contributed by atoms with Crippen molar-refractivity contribution in [1.29, 1.82) is 0 Å². The van der Waals surface area contributed by atoms with Crippen molar-refractivity contribution in [3.63, 3.8) is 0 Å². The SMILES string of the molecule is CCCNC(=O)c1cc(N)ccc1N1CCN(c2ccccc2)CC1. The van der Waals surface area contributed by atoms with Crippen molar-refractivity contribution in [2.24, 2.45) is 0 Å². The topological polar surface area (TPSA) is 61.6 Å². The lowest BCUT2D eigenvalue weighted by Crippen LogP contribution is -2.47. The number of nitrogen functional groups attached to an aromatic ring is 1. The molecule has 0 spiro atoms. The summed E-state index contributed by atoms with van der Waals surface area (Å²) >= 11 is 0. The van der Waals surface area contributed by atoms with E-state index in [1.807, 2.05) is 25.1 Å². The number of para-hydroxylation sites is 1. The second-order valence-electron chi connectivity index (χ2n) is 6.34. The van der Waals surface area contributed by atoms with Gasteiger partial charge in [0, 0.05) is 49.8 Å². The van der Waals surface area contributed by atoms with Crippen molar-refractivity contribution in [2.45, 2.75) is 13.3 Å². The molecule has 1 aliphatic rings. The highest BCUT2D eigenvalue weighted by molar-refractivity contribution is 6.00. The molecule has 1 heterocycles. The van der Waals surface area contributed by atoms with Crippen molar-refractivity contribution in [2.75, 3.05) is 48.3 Å². The van der Waals surface area contributed by atoms with E-state index in [2.05, 4.69) is 39.4 Å². The Morgan fingerprint density at radius 2 is 1.72 bits per heavy atom. The fourth-order valence-corrected chi connectivity index (χ4v) is 3.19. The Labute approximate surface area is 149 Å². The fourth-order valence-electron chi connectivity index (χ4n) is 3.19. The van der Waals surface area contributed by atoms with E-state index < -0.39 is 0 Å². The molecule has 0 bridgehead atoms. The largest absolute Gasteiger partial charge is 0.399 e. The number of piperazine rings is 1. The molecule has 0 unspecified atom stereocenters. The van der Waals surface area contributed by atoms with Crippen LogP contribution in [0.5, 0.6) is 0 Å². The molecule has 1 saturated heterocycles. The second kappa shape index (κ2) is 7.92. The van der Waals surface area contributed by atoms with Crippen LogP contribution in [0.2, 0.25) is 0 Å². The lowest BCUT2D eigenvalue weighted by molar-refractivity contribution is 0.0954. The summed E-state index contributed by atoms with van der Waals surface area (Å²) in [5.74, 6) is -0.0466. The standard InChI is InChI=1S/C20H26N4O/c1-2-10-22-20(25)18-15-16(21)8-9-19(18)24-13-11-23(12-14-24)17-6-4-3-5-7-17/h3-9,15H,2,10-14,21H2,1H3,(H,22,25). The minimum Gasteiger partial charge on any atom is -0.399 e. The molecule has 1 aliphatic heterocycles. The van der Waals surface area contributed by atoms with Gasteiger partial charge in [-0.25, -0.2) is 0 Å². The molecule has 0 saturated carbocycles. The molecule has 0 radical (unpaired) electrons. The van der Waals surface area contributed by atoms with Crippen LogP contribution in [0.3, 0.4) is 0 Å². The van der Waals surface area contributed by atoms with E-state index in [0.29, 0.717) is 17.8 Å². The van der Waals surface area contributed by atoms with Crippen LogP contribution < -0.4 is 20.9 Å². The first-order chi connectivity index (χ1) is 12.2. The smallest absolute Gasteiger partial charge is 0.253 e. The van der Waals surface area contributed by atoms with E-state index in [1.54, 1.807) is 6.07 Å². The highest BCUT2D eigenvalue weighted by atomic mass is 16.1. The highest BCUT2D eigenvalue weighted by Gasteiger charge is 2.21. The Hall–Kier alpha value is -2.69. The number of benzene rings is 2. The predicted molar refractivity (Wildman–Crippen MR) is 104 cm³/mol. The third-order valence-electron chi connectivity index (χ3n) is 4.54.